The Balaban J connectivity index is 1.88. The largest absolute Gasteiger partial charge is 0.336 e. The van der Waals surface area contributed by atoms with Crippen molar-refractivity contribution in [1.29, 1.82) is 0 Å². The highest BCUT2D eigenvalue weighted by Crippen LogP contribution is 2.28. The van der Waals surface area contributed by atoms with Gasteiger partial charge in [-0.15, -0.1) is 0 Å². The van der Waals surface area contributed by atoms with Crippen LogP contribution in [0.2, 0.25) is 0 Å². The molecule has 0 saturated carbocycles. The minimum atomic E-state index is -0.372. The molecule has 1 fully saturated rings. The highest BCUT2D eigenvalue weighted by atomic mass is 79.9. The molecule has 3 heterocycles. The summed E-state index contributed by atoms with van der Waals surface area (Å²) in [6.07, 6.45) is 5.07. The predicted octanol–water partition coefficient (Wildman–Crippen LogP) is 2.19. The third-order valence-corrected chi connectivity index (χ3v) is 3.19. The third kappa shape index (κ3) is 1.59. The van der Waals surface area contributed by atoms with E-state index in [2.05, 4.69) is 26.2 Å². The standard InChI is InChI=1S/C10H10BrN3O2/c1-6-15-10(16-6)13-7-2-4-14-5-3-12-9(14)8(7)11/h2-6,10,13H,1H3. The van der Waals surface area contributed by atoms with Gasteiger partial charge in [-0.05, 0) is 28.9 Å². The Morgan fingerprint density at radius 2 is 2.25 bits per heavy atom. The summed E-state index contributed by atoms with van der Waals surface area (Å²) in [5, 5.41) is 3.11. The van der Waals surface area contributed by atoms with Gasteiger partial charge in [0, 0.05) is 18.6 Å². The molecule has 0 radical (unpaired) electrons. The number of ether oxygens (including phenoxy) is 2. The van der Waals surface area contributed by atoms with Gasteiger partial charge >= 0.3 is 0 Å². The van der Waals surface area contributed by atoms with Gasteiger partial charge < -0.3 is 19.2 Å². The third-order valence-electron chi connectivity index (χ3n) is 2.41. The molecule has 0 atom stereocenters. The van der Waals surface area contributed by atoms with Crippen LogP contribution >= 0.6 is 15.9 Å². The monoisotopic (exact) mass is 283 g/mol. The zero-order valence-electron chi connectivity index (χ0n) is 8.55. The Hall–Kier alpha value is -1.11. The fraction of sp³-hybridized carbons (Fsp3) is 0.300. The molecule has 2 aromatic heterocycles. The van der Waals surface area contributed by atoms with Crippen LogP contribution in [-0.2, 0) is 9.47 Å². The van der Waals surface area contributed by atoms with E-state index < -0.39 is 0 Å². The predicted molar refractivity (Wildman–Crippen MR) is 61.9 cm³/mol. The Morgan fingerprint density at radius 1 is 1.44 bits per heavy atom. The van der Waals surface area contributed by atoms with Crippen LogP contribution in [0, 0.1) is 0 Å². The summed E-state index contributed by atoms with van der Waals surface area (Å²) >= 11 is 3.50. The zero-order chi connectivity index (χ0) is 11.1. The van der Waals surface area contributed by atoms with Crippen LogP contribution in [0.15, 0.2) is 29.1 Å². The molecule has 1 aliphatic heterocycles. The maximum atomic E-state index is 5.31. The number of hydrogen-bond donors (Lipinski definition) is 1. The van der Waals surface area contributed by atoms with Crippen LogP contribution in [0.3, 0.4) is 0 Å². The molecule has 1 N–H and O–H groups in total. The minimum absolute atomic E-state index is 0.133. The first-order valence-corrected chi connectivity index (χ1v) is 5.72. The van der Waals surface area contributed by atoms with E-state index in [-0.39, 0.29) is 12.7 Å². The second-order valence-electron chi connectivity index (χ2n) is 3.52. The van der Waals surface area contributed by atoms with E-state index in [9.17, 15) is 0 Å². The summed E-state index contributed by atoms with van der Waals surface area (Å²) < 4.78 is 13.4. The van der Waals surface area contributed by atoms with Gasteiger partial charge in [0.15, 0.2) is 11.9 Å². The van der Waals surface area contributed by atoms with Gasteiger partial charge in [0.25, 0.3) is 0 Å². The van der Waals surface area contributed by atoms with Crippen molar-refractivity contribution < 1.29 is 9.47 Å². The summed E-state index contributed by atoms with van der Waals surface area (Å²) in [4.78, 5) is 4.24. The number of anilines is 1. The summed E-state index contributed by atoms with van der Waals surface area (Å²) in [6.45, 7) is 1.85. The highest BCUT2D eigenvalue weighted by Gasteiger charge is 2.27. The van der Waals surface area contributed by atoms with Crippen LogP contribution in [0.1, 0.15) is 6.92 Å². The molecule has 16 heavy (non-hydrogen) atoms. The summed E-state index contributed by atoms with van der Waals surface area (Å²) in [5.74, 6) is 0. The van der Waals surface area contributed by atoms with Crippen LogP contribution in [-0.4, -0.2) is 22.1 Å². The second kappa shape index (κ2) is 3.73. The van der Waals surface area contributed by atoms with Crippen molar-refractivity contribution in [2.75, 3.05) is 5.32 Å². The Labute approximate surface area is 101 Å². The van der Waals surface area contributed by atoms with Crippen molar-refractivity contribution in [3.63, 3.8) is 0 Å². The number of hydrogen-bond acceptors (Lipinski definition) is 4. The van der Waals surface area contributed by atoms with Crippen molar-refractivity contribution >= 4 is 27.3 Å². The number of pyridine rings is 1. The smallest absolute Gasteiger partial charge is 0.242 e. The van der Waals surface area contributed by atoms with E-state index in [1.165, 1.54) is 0 Å². The van der Waals surface area contributed by atoms with E-state index >= 15 is 0 Å². The molecule has 0 aliphatic carbocycles. The number of nitrogens with zero attached hydrogens (tertiary/aromatic N) is 2. The van der Waals surface area contributed by atoms with Gasteiger partial charge in [-0.25, -0.2) is 4.98 Å². The lowest BCUT2D eigenvalue weighted by atomic mass is 10.4. The number of nitrogens with one attached hydrogen (secondary N) is 1. The molecule has 0 bridgehead atoms. The first-order valence-electron chi connectivity index (χ1n) is 4.92. The highest BCUT2D eigenvalue weighted by molar-refractivity contribution is 9.10. The second-order valence-corrected chi connectivity index (χ2v) is 4.31. The zero-order valence-corrected chi connectivity index (χ0v) is 10.1. The maximum absolute atomic E-state index is 5.31. The molecule has 5 nitrogen and oxygen atoms in total. The van der Waals surface area contributed by atoms with Gasteiger partial charge in [-0.3, -0.25) is 0 Å². The van der Waals surface area contributed by atoms with E-state index in [1.54, 1.807) is 6.20 Å². The summed E-state index contributed by atoms with van der Waals surface area (Å²) in [6, 6.07) is 1.94. The first-order chi connectivity index (χ1) is 7.74. The van der Waals surface area contributed by atoms with Crippen molar-refractivity contribution in [2.24, 2.45) is 0 Å². The number of halogens is 1. The molecular weight excluding hydrogens is 274 g/mol. The summed E-state index contributed by atoms with van der Waals surface area (Å²) in [5.41, 5.74) is 1.76. The average Bonchev–Trinajstić information content (AvgIpc) is 2.68. The van der Waals surface area contributed by atoms with Crippen LogP contribution < -0.4 is 5.32 Å². The number of fused-ring (bicyclic) bond motifs is 1. The molecule has 0 unspecified atom stereocenters. The van der Waals surface area contributed by atoms with Gasteiger partial charge in [0.2, 0.25) is 6.41 Å². The molecule has 1 aliphatic rings. The molecule has 0 amide bonds. The first kappa shape index (κ1) is 10.1. The van der Waals surface area contributed by atoms with E-state index in [0.717, 1.165) is 15.8 Å². The van der Waals surface area contributed by atoms with Crippen molar-refractivity contribution in [2.45, 2.75) is 19.6 Å². The summed E-state index contributed by atoms with van der Waals surface area (Å²) in [7, 11) is 0. The van der Waals surface area contributed by atoms with E-state index in [1.807, 2.05) is 29.8 Å². The SMILES string of the molecule is CC1OC(Nc2ccn3ccnc3c2Br)O1. The Kier molecular flexibility index (Phi) is 2.34. The quantitative estimate of drug-likeness (QED) is 0.918. The van der Waals surface area contributed by atoms with Crippen molar-refractivity contribution in [3.05, 3.63) is 29.1 Å². The van der Waals surface area contributed by atoms with E-state index in [0.29, 0.717) is 0 Å². The van der Waals surface area contributed by atoms with Gasteiger partial charge in [-0.1, -0.05) is 0 Å². The van der Waals surface area contributed by atoms with Gasteiger partial charge in [-0.2, -0.15) is 0 Å². The maximum Gasteiger partial charge on any atom is 0.242 e. The molecule has 3 rings (SSSR count). The van der Waals surface area contributed by atoms with Gasteiger partial charge in [0.05, 0.1) is 10.2 Å². The average molecular weight is 284 g/mol. The van der Waals surface area contributed by atoms with Crippen LogP contribution in [0.5, 0.6) is 0 Å². The van der Waals surface area contributed by atoms with E-state index in [4.69, 9.17) is 9.47 Å². The molecule has 0 aromatic carbocycles. The normalized spacial score (nSPS) is 24.4. The lowest BCUT2D eigenvalue weighted by Crippen LogP contribution is -2.44. The Morgan fingerprint density at radius 3 is 3.00 bits per heavy atom. The molecule has 84 valence electrons. The fourth-order valence-electron chi connectivity index (χ4n) is 1.62. The lowest BCUT2D eigenvalue weighted by Gasteiger charge is -2.34. The van der Waals surface area contributed by atoms with Crippen molar-refractivity contribution in [3.8, 4) is 0 Å². The number of aromatic nitrogens is 2. The topological polar surface area (TPSA) is 47.8 Å². The van der Waals surface area contributed by atoms with Crippen LogP contribution in [0.4, 0.5) is 5.69 Å². The fourth-order valence-corrected chi connectivity index (χ4v) is 2.17. The molecule has 0 spiro atoms. The number of imidazole rings is 1. The lowest BCUT2D eigenvalue weighted by molar-refractivity contribution is -0.363. The van der Waals surface area contributed by atoms with Crippen LogP contribution in [0.25, 0.3) is 5.65 Å². The van der Waals surface area contributed by atoms with Crippen molar-refractivity contribution in [1.82, 2.24) is 9.38 Å². The molecule has 1 saturated heterocycles. The molecule has 2 aromatic rings. The molecule has 6 heteroatoms. The minimum Gasteiger partial charge on any atom is -0.336 e. The molecular formula is C10H10BrN3O2. The number of rotatable bonds is 2. The van der Waals surface area contributed by atoms with Gasteiger partial charge in [0.1, 0.15) is 0 Å². The Bertz CT molecular complexity index is 522.